The van der Waals surface area contributed by atoms with Crippen LogP contribution in [0.25, 0.3) is 10.6 Å². The van der Waals surface area contributed by atoms with Gasteiger partial charge < -0.3 is 19.5 Å². The minimum atomic E-state index is 0.00991. The Morgan fingerprint density at radius 3 is 2.69 bits per heavy atom. The number of benzene rings is 1. The van der Waals surface area contributed by atoms with Gasteiger partial charge in [-0.2, -0.15) is 0 Å². The lowest BCUT2D eigenvalue weighted by Gasteiger charge is -2.34. The number of nitrogens with one attached hydrogen (secondary N) is 1. The molecule has 35 heavy (non-hydrogen) atoms. The average molecular weight is 496 g/mol. The number of piperazine rings is 1. The maximum Gasteiger partial charge on any atom is 0.317 e. The molecule has 5 rings (SSSR count). The quantitative estimate of drug-likeness (QED) is 0.542. The van der Waals surface area contributed by atoms with Crippen molar-refractivity contribution in [3.05, 3.63) is 47.0 Å². The number of aromatic nitrogens is 4. The van der Waals surface area contributed by atoms with Crippen LogP contribution in [0.2, 0.25) is 0 Å². The first-order chi connectivity index (χ1) is 17.2. The monoisotopic (exact) mass is 495 g/mol. The van der Waals surface area contributed by atoms with E-state index in [1.807, 2.05) is 29.2 Å². The van der Waals surface area contributed by atoms with Crippen molar-refractivity contribution in [3.63, 3.8) is 0 Å². The minimum Gasteiger partial charge on any atom is -0.497 e. The number of ether oxygens (including phenoxy) is 1. The number of fused-ring (bicyclic) bond motifs is 1. The number of hydrogen-bond acceptors (Lipinski definition) is 7. The highest BCUT2D eigenvalue weighted by Gasteiger charge is 2.22. The number of urea groups is 1. The van der Waals surface area contributed by atoms with Gasteiger partial charge in [0, 0.05) is 69.6 Å². The first-order valence-electron chi connectivity index (χ1n) is 12.4. The molecular weight excluding hydrogens is 462 g/mol. The van der Waals surface area contributed by atoms with Gasteiger partial charge in [0.05, 0.1) is 12.8 Å². The normalized spacial score (nSPS) is 16.5. The van der Waals surface area contributed by atoms with Gasteiger partial charge in [-0.25, -0.2) is 9.78 Å². The second-order valence-electron chi connectivity index (χ2n) is 9.11. The molecule has 1 saturated heterocycles. The molecule has 0 bridgehead atoms. The molecule has 1 fully saturated rings. The van der Waals surface area contributed by atoms with Gasteiger partial charge in [-0.15, -0.1) is 21.5 Å². The molecule has 0 spiro atoms. The molecule has 0 aliphatic carbocycles. The number of hydrogen-bond donors (Lipinski definition) is 1. The lowest BCUT2D eigenvalue weighted by molar-refractivity contribution is 0.134. The van der Waals surface area contributed by atoms with E-state index in [1.54, 1.807) is 18.4 Å². The molecule has 0 atom stereocenters. The zero-order valence-electron chi connectivity index (χ0n) is 20.3. The van der Waals surface area contributed by atoms with Gasteiger partial charge >= 0.3 is 6.03 Å². The summed E-state index contributed by atoms with van der Waals surface area (Å²) in [7, 11) is 1.67. The van der Waals surface area contributed by atoms with Crippen molar-refractivity contribution in [2.24, 2.45) is 0 Å². The van der Waals surface area contributed by atoms with Gasteiger partial charge in [-0.1, -0.05) is 6.42 Å². The fraction of sp³-hybridized carbons (Fsp3) is 0.520. The molecule has 10 heteroatoms. The van der Waals surface area contributed by atoms with Crippen LogP contribution in [0.4, 0.5) is 4.79 Å². The number of amides is 2. The molecule has 1 aromatic carbocycles. The summed E-state index contributed by atoms with van der Waals surface area (Å²) < 4.78 is 7.48. The molecule has 0 radical (unpaired) electrons. The Balaban J connectivity index is 1.05. The summed E-state index contributed by atoms with van der Waals surface area (Å²) in [5.41, 5.74) is 2.18. The lowest BCUT2D eigenvalue weighted by atomic mass is 10.2. The van der Waals surface area contributed by atoms with E-state index in [1.165, 1.54) is 19.3 Å². The van der Waals surface area contributed by atoms with Crippen molar-refractivity contribution in [2.75, 3.05) is 39.8 Å². The Labute approximate surface area is 210 Å². The van der Waals surface area contributed by atoms with Crippen LogP contribution in [0, 0.1) is 0 Å². The first kappa shape index (κ1) is 23.7. The molecule has 186 valence electrons. The van der Waals surface area contributed by atoms with E-state index in [9.17, 15) is 4.79 Å². The van der Waals surface area contributed by atoms with Crippen molar-refractivity contribution >= 4 is 17.4 Å². The molecule has 2 amide bonds. The second kappa shape index (κ2) is 11.2. The van der Waals surface area contributed by atoms with Gasteiger partial charge in [-0.3, -0.25) is 4.90 Å². The van der Waals surface area contributed by atoms with E-state index < -0.39 is 0 Å². The summed E-state index contributed by atoms with van der Waals surface area (Å²) in [6.07, 6.45) is 5.34. The molecule has 1 N–H and O–H groups in total. The summed E-state index contributed by atoms with van der Waals surface area (Å²) in [6.45, 7) is 5.53. The van der Waals surface area contributed by atoms with E-state index in [0.717, 1.165) is 85.8 Å². The van der Waals surface area contributed by atoms with Crippen LogP contribution in [0.15, 0.2) is 29.6 Å². The Bertz CT molecular complexity index is 1120. The lowest BCUT2D eigenvalue weighted by Crippen LogP contribution is -2.51. The Morgan fingerprint density at radius 2 is 1.89 bits per heavy atom. The zero-order chi connectivity index (χ0) is 24.0. The third-order valence-electron chi connectivity index (χ3n) is 6.74. The molecule has 2 aliphatic rings. The van der Waals surface area contributed by atoms with E-state index >= 15 is 0 Å². The highest BCUT2D eigenvalue weighted by Crippen LogP contribution is 2.26. The summed E-state index contributed by atoms with van der Waals surface area (Å²) >= 11 is 1.66. The highest BCUT2D eigenvalue weighted by atomic mass is 32.1. The van der Waals surface area contributed by atoms with Crippen molar-refractivity contribution in [3.8, 4) is 16.3 Å². The van der Waals surface area contributed by atoms with Gasteiger partial charge in [0.15, 0.2) is 0 Å². The van der Waals surface area contributed by atoms with Crippen LogP contribution in [0.1, 0.15) is 36.6 Å². The number of carbonyl (C=O) groups excluding carboxylic acids is 1. The van der Waals surface area contributed by atoms with Gasteiger partial charge in [0.2, 0.25) is 0 Å². The third-order valence-corrected chi connectivity index (χ3v) is 7.68. The van der Waals surface area contributed by atoms with E-state index in [4.69, 9.17) is 9.72 Å². The Hall–Kier alpha value is -2.98. The van der Waals surface area contributed by atoms with Crippen LogP contribution in [-0.2, 0) is 25.9 Å². The number of thiazole rings is 1. The van der Waals surface area contributed by atoms with Crippen molar-refractivity contribution < 1.29 is 9.53 Å². The van der Waals surface area contributed by atoms with E-state index in [-0.39, 0.29) is 6.03 Å². The van der Waals surface area contributed by atoms with Crippen LogP contribution >= 0.6 is 11.3 Å². The number of nitrogens with zero attached hydrogens (tertiary/aromatic N) is 6. The molecular formula is C25H33N7O2S. The SMILES string of the molecule is COc1ccc(-c2nc(CN3CCN(C(=O)NCCc4nnc5n4CCCCC5)CC3)cs2)cc1. The fourth-order valence-electron chi connectivity index (χ4n) is 4.71. The summed E-state index contributed by atoms with van der Waals surface area (Å²) in [5, 5.41) is 14.9. The summed E-state index contributed by atoms with van der Waals surface area (Å²) in [4.78, 5) is 21.8. The van der Waals surface area contributed by atoms with Gasteiger partial charge in [-0.05, 0) is 37.1 Å². The van der Waals surface area contributed by atoms with Crippen molar-refractivity contribution in [1.29, 1.82) is 0 Å². The minimum absolute atomic E-state index is 0.00991. The smallest absolute Gasteiger partial charge is 0.317 e. The first-order valence-corrected chi connectivity index (χ1v) is 13.3. The second-order valence-corrected chi connectivity index (χ2v) is 9.97. The largest absolute Gasteiger partial charge is 0.497 e. The van der Waals surface area contributed by atoms with Crippen LogP contribution in [0.3, 0.4) is 0 Å². The fourth-order valence-corrected chi connectivity index (χ4v) is 5.52. The standard InChI is InChI=1S/C25H33N7O2S/c1-34-21-8-6-19(7-9-21)24-27-20(18-35-24)17-30-13-15-31(16-14-30)25(33)26-11-10-23-29-28-22-5-3-2-4-12-32(22)23/h6-9,18H,2-5,10-17H2,1H3,(H,26,33). The van der Waals surface area contributed by atoms with Crippen molar-refractivity contribution in [1.82, 2.24) is 34.9 Å². The maximum atomic E-state index is 12.7. The molecule has 0 saturated carbocycles. The Kier molecular flexibility index (Phi) is 7.58. The van der Waals surface area contributed by atoms with E-state index in [0.29, 0.717) is 6.54 Å². The summed E-state index contributed by atoms with van der Waals surface area (Å²) in [5.74, 6) is 2.93. The molecule has 9 nitrogen and oxygen atoms in total. The number of rotatable bonds is 7. The van der Waals surface area contributed by atoms with Gasteiger partial charge in [0.25, 0.3) is 0 Å². The molecule has 2 aliphatic heterocycles. The van der Waals surface area contributed by atoms with Crippen LogP contribution < -0.4 is 10.1 Å². The molecule has 0 unspecified atom stereocenters. The molecule has 2 aromatic heterocycles. The van der Waals surface area contributed by atoms with Crippen LogP contribution in [0.5, 0.6) is 5.75 Å². The predicted molar refractivity (Wildman–Crippen MR) is 136 cm³/mol. The Morgan fingerprint density at radius 1 is 1.06 bits per heavy atom. The molecule has 4 heterocycles. The number of aryl methyl sites for hydroxylation is 1. The molecule has 3 aromatic rings. The third kappa shape index (κ3) is 5.82. The van der Waals surface area contributed by atoms with Gasteiger partial charge in [0.1, 0.15) is 22.4 Å². The van der Waals surface area contributed by atoms with E-state index in [2.05, 4.69) is 30.4 Å². The number of carbonyl (C=O) groups is 1. The highest BCUT2D eigenvalue weighted by molar-refractivity contribution is 7.13. The predicted octanol–water partition coefficient (Wildman–Crippen LogP) is 3.21. The topological polar surface area (TPSA) is 88.4 Å². The summed E-state index contributed by atoms with van der Waals surface area (Å²) in [6, 6.07) is 8.01. The average Bonchev–Trinajstić information content (AvgIpc) is 3.44. The van der Waals surface area contributed by atoms with Crippen molar-refractivity contribution in [2.45, 2.75) is 45.2 Å². The number of methoxy groups -OCH3 is 1. The maximum absolute atomic E-state index is 12.7. The zero-order valence-corrected chi connectivity index (χ0v) is 21.1. The van der Waals surface area contributed by atoms with Crippen LogP contribution in [-0.4, -0.2) is 75.4 Å².